The first-order valence-electron chi connectivity index (χ1n) is 11.8. The lowest BCUT2D eigenvalue weighted by Gasteiger charge is -2.36. The number of morpholine rings is 1. The van der Waals surface area contributed by atoms with E-state index in [1.165, 1.54) is 0 Å². The van der Waals surface area contributed by atoms with Gasteiger partial charge in [0.05, 0.1) is 30.4 Å². The minimum atomic E-state index is -0.373. The fraction of sp³-hybridized carbons (Fsp3) is 0.667. The number of nitrogens with zero attached hydrogens (tertiary/aromatic N) is 4. The van der Waals surface area contributed by atoms with E-state index in [4.69, 9.17) is 9.72 Å². The summed E-state index contributed by atoms with van der Waals surface area (Å²) in [5, 5.41) is 10.7. The van der Waals surface area contributed by atoms with Gasteiger partial charge in [-0.05, 0) is 31.4 Å². The molecule has 0 bridgehead atoms. The topological polar surface area (TPSA) is 70.8 Å². The molecule has 1 aromatic carbocycles. The van der Waals surface area contributed by atoms with E-state index in [1.54, 1.807) is 0 Å². The van der Waals surface area contributed by atoms with E-state index in [0.717, 1.165) is 69.1 Å². The molecule has 1 N–H and O–H groups in total. The molecule has 0 saturated carbocycles. The number of aromatic nitrogens is 2. The van der Waals surface area contributed by atoms with Crippen molar-refractivity contribution in [3.63, 3.8) is 0 Å². The molecule has 1 amide bonds. The molecule has 2 saturated heterocycles. The average molecular weight is 429 g/mol. The van der Waals surface area contributed by atoms with Gasteiger partial charge < -0.3 is 19.3 Å². The van der Waals surface area contributed by atoms with Gasteiger partial charge in [-0.2, -0.15) is 0 Å². The smallest absolute Gasteiger partial charge is 0.222 e. The number of para-hydroxylation sites is 2. The highest BCUT2D eigenvalue weighted by molar-refractivity contribution is 5.77. The molecule has 0 unspecified atom stereocenters. The molecular weight excluding hydrogens is 392 g/mol. The van der Waals surface area contributed by atoms with Crippen LogP contribution >= 0.6 is 0 Å². The van der Waals surface area contributed by atoms with Crippen LogP contribution in [0.25, 0.3) is 11.0 Å². The van der Waals surface area contributed by atoms with Crippen molar-refractivity contribution in [2.24, 2.45) is 0 Å². The maximum Gasteiger partial charge on any atom is 0.222 e. The normalized spacial score (nSPS) is 23.4. The number of fused-ring (bicyclic) bond motifs is 1. The van der Waals surface area contributed by atoms with Crippen LogP contribution in [0.1, 0.15) is 51.3 Å². The first-order chi connectivity index (χ1) is 15.0. The summed E-state index contributed by atoms with van der Waals surface area (Å²) in [6, 6.07) is 8.36. The fourth-order valence-electron chi connectivity index (χ4n) is 4.97. The Hall–Kier alpha value is -1.96. The third-order valence-corrected chi connectivity index (χ3v) is 6.67. The van der Waals surface area contributed by atoms with Crippen molar-refractivity contribution in [3.8, 4) is 0 Å². The lowest BCUT2D eigenvalue weighted by molar-refractivity contribution is -0.131. The van der Waals surface area contributed by atoms with Gasteiger partial charge in [0.1, 0.15) is 5.82 Å². The summed E-state index contributed by atoms with van der Waals surface area (Å²) in [5.74, 6) is 1.62. The van der Waals surface area contributed by atoms with Crippen molar-refractivity contribution < 1.29 is 14.6 Å². The number of aliphatic hydroxyl groups excluding tert-OH is 1. The molecule has 0 spiro atoms. The number of aryl methyl sites for hydroxylation is 1. The Morgan fingerprint density at radius 2 is 1.90 bits per heavy atom. The largest absolute Gasteiger partial charge is 0.391 e. The summed E-state index contributed by atoms with van der Waals surface area (Å²) in [6.45, 7) is 9.69. The number of rotatable bonds is 6. The minimum absolute atomic E-state index is 0.132. The standard InChI is InChI=1S/C24H36N4O3/c1-18(2)24-25-19-6-3-4-7-20(19)28(24)11-5-8-23(30)27-12-9-21(22(29)10-13-27)26-14-16-31-17-15-26/h3-4,6-7,18,21-22,29H,5,8-17H2,1-2H3/t21-,22-/m0/s1. The van der Waals surface area contributed by atoms with Crippen LogP contribution < -0.4 is 0 Å². The molecule has 0 radical (unpaired) electrons. The zero-order valence-electron chi connectivity index (χ0n) is 18.9. The van der Waals surface area contributed by atoms with Crippen LogP contribution in [-0.4, -0.2) is 81.9 Å². The quantitative estimate of drug-likeness (QED) is 0.766. The third-order valence-electron chi connectivity index (χ3n) is 6.67. The highest BCUT2D eigenvalue weighted by Gasteiger charge is 2.31. The van der Waals surface area contributed by atoms with Gasteiger partial charge in [-0.15, -0.1) is 0 Å². The Morgan fingerprint density at radius 1 is 1.16 bits per heavy atom. The minimum Gasteiger partial charge on any atom is -0.391 e. The first-order valence-corrected chi connectivity index (χ1v) is 11.8. The maximum atomic E-state index is 12.9. The Labute approximate surface area is 185 Å². The lowest BCUT2D eigenvalue weighted by Crippen LogP contribution is -2.49. The van der Waals surface area contributed by atoms with E-state index in [-0.39, 0.29) is 18.1 Å². The van der Waals surface area contributed by atoms with Gasteiger partial charge in [0.25, 0.3) is 0 Å². The Bertz CT molecular complexity index is 875. The van der Waals surface area contributed by atoms with Gasteiger partial charge in [0.2, 0.25) is 5.91 Å². The number of hydrogen-bond acceptors (Lipinski definition) is 5. The van der Waals surface area contributed by atoms with Crippen LogP contribution in [-0.2, 0) is 16.1 Å². The number of benzene rings is 1. The second kappa shape index (κ2) is 10.1. The maximum absolute atomic E-state index is 12.9. The van der Waals surface area contributed by atoms with E-state index in [9.17, 15) is 9.90 Å². The number of carbonyl (C=O) groups is 1. The van der Waals surface area contributed by atoms with Crippen LogP contribution in [0.3, 0.4) is 0 Å². The number of carbonyl (C=O) groups excluding carboxylic acids is 1. The molecular formula is C24H36N4O3. The van der Waals surface area contributed by atoms with Crippen molar-refractivity contribution in [2.75, 3.05) is 39.4 Å². The Kier molecular flexibility index (Phi) is 7.25. The molecule has 7 heteroatoms. The molecule has 1 aromatic heterocycles. The summed E-state index contributed by atoms with van der Waals surface area (Å²) in [6.07, 6.45) is 2.43. The molecule has 2 fully saturated rings. The average Bonchev–Trinajstić information content (AvgIpc) is 3.04. The van der Waals surface area contributed by atoms with E-state index >= 15 is 0 Å². The SMILES string of the molecule is CC(C)c1nc2ccccc2n1CCCC(=O)N1CC[C@H](O)[C@@H](N2CCOCC2)CC1. The number of ether oxygens (including phenoxy) is 1. The second-order valence-corrected chi connectivity index (χ2v) is 9.11. The highest BCUT2D eigenvalue weighted by Crippen LogP contribution is 2.23. The zero-order chi connectivity index (χ0) is 21.8. The van der Waals surface area contributed by atoms with Crippen LogP contribution in [0.5, 0.6) is 0 Å². The van der Waals surface area contributed by atoms with Crippen molar-refractivity contribution in [3.05, 3.63) is 30.1 Å². The van der Waals surface area contributed by atoms with Crippen molar-refractivity contribution >= 4 is 16.9 Å². The Balaban J connectivity index is 1.33. The van der Waals surface area contributed by atoms with Crippen molar-refractivity contribution in [1.29, 1.82) is 0 Å². The van der Waals surface area contributed by atoms with Gasteiger partial charge in [-0.3, -0.25) is 9.69 Å². The third kappa shape index (κ3) is 5.10. The van der Waals surface area contributed by atoms with Crippen molar-refractivity contribution in [1.82, 2.24) is 19.4 Å². The van der Waals surface area contributed by atoms with E-state index in [2.05, 4.69) is 35.4 Å². The second-order valence-electron chi connectivity index (χ2n) is 9.11. The lowest BCUT2D eigenvalue weighted by atomic mass is 10.0. The van der Waals surface area contributed by atoms with Gasteiger partial charge in [-0.1, -0.05) is 26.0 Å². The summed E-state index contributed by atoms with van der Waals surface area (Å²) in [4.78, 5) is 22.0. The van der Waals surface area contributed by atoms with Gasteiger partial charge in [0.15, 0.2) is 0 Å². The van der Waals surface area contributed by atoms with E-state index < -0.39 is 0 Å². The number of hydrogen-bond donors (Lipinski definition) is 1. The molecule has 4 rings (SSSR count). The zero-order valence-corrected chi connectivity index (χ0v) is 18.9. The van der Waals surface area contributed by atoms with Crippen LogP contribution in [0.2, 0.25) is 0 Å². The van der Waals surface area contributed by atoms with Crippen LogP contribution in [0.15, 0.2) is 24.3 Å². The summed E-state index contributed by atoms with van der Waals surface area (Å²) >= 11 is 0. The highest BCUT2D eigenvalue weighted by atomic mass is 16.5. The molecule has 2 aromatic rings. The number of amides is 1. The van der Waals surface area contributed by atoms with Gasteiger partial charge in [-0.25, -0.2) is 4.98 Å². The Morgan fingerprint density at radius 3 is 2.68 bits per heavy atom. The van der Waals surface area contributed by atoms with Crippen LogP contribution in [0, 0.1) is 0 Å². The molecule has 31 heavy (non-hydrogen) atoms. The summed E-state index contributed by atoms with van der Waals surface area (Å²) in [5.41, 5.74) is 2.16. The number of aliphatic hydroxyl groups is 1. The van der Waals surface area contributed by atoms with E-state index in [0.29, 0.717) is 25.3 Å². The molecule has 3 heterocycles. The van der Waals surface area contributed by atoms with E-state index in [1.807, 2.05) is 17.0 Å². The first kappa shape index (κ1) is 22.2. The monoisotopic (exact) mass is 428 g/mol. The van der Waals surface area contributed by atoms with Gasteiger partial charge >= 0.3 is 0 Å². The summed E-state index contributed by atoms with van der Waals surface area (Å²) in [7, 11) is 0. The molecule has 0 aliphatic carbocycles. The molecule has 7 nitrogen and oxygen atoms in total. The fourth-order valence-corrected chi connectivity index (χ4v) is 4.97. The predicted molar refractivity (Wildman–Crippen MR) is 121 cm³/mol. The molecule has 2 atom stereocenters. The van der Waals surface area contributed by atoms with Crippen molar-refractivity contribution in [2.45, 2.75) is 64.1 Å². The molecule has 2 aliphatic rings. The van der Waals surface area contributed by atoms with Gasteiger partial charge in [0, 0.05) is 51.1 Å². The molecule has 170 valence electrons. The van der Waals surface area contributed by atoms with Crippen LogP contribution in [0.4, 0.5) is 0 Å². The number of imidazole rings is 1. The molecule has 2 aliphatic heterocycles. The number of likely N-dealkylation sites (tertiary alicyclic amines) is 1. The summed E-state index contributed by atoms with van der Waals surface area (Å²) < 4.78 is 7.72. The predicted octanol–water partition coefficient (Wildman–Crippen LogP) is 2.62.